The van der Waals surface area contributed by atoms with Crippen LogP contribution >= 0.6 is 0 Å². The Morgan fingerprint density at radius 3 is 2.72 bits per heavy atom. The van der Waals surface area contributed by atoms with Crippen LogP contribution in [0.5, 0.6) is 0 Å². The number of hydrogen-bond donors (Lipinski definition) is 3. The van der Waals surface area contributed by atoms with Crippen LogP contribution in [0.3, 0.4) is 0 Å². The fourth-order valence-electron chi connectivity index (χ4n) is 2.46. The minimum Gasteiger partial charge on any atom is -0.355 e. The molecule has 0 aliphatic carbocycles. The van der Waals surface area contributed by atoms with Gasteiger partial charge in [-0.25, -0.2) is 4.90 Å². The van der Waals surface area contributed by atoms with Crippen molar-refractivity contribution in [1.82, 2.24) is 15.3 Å². The highest BCUT2D eigenvalue weighted by atomic mass is 16.1. The van der Waals surface area contributed by atoms with E-state index in [0.717, 1.165) is 37.7 Å². The van der Waals surface area contributed by atoms with Crippen molar-refractivity contribution in [2.45, 2.75) is 32.1 Å². The van der Waals surface area contributed by atoms with Gasteiger partial charge in [-0.15, -0.1) is 0 Å². The Balaban J connectivity index is 1.62. The lowest BCUT2D eigenvalue weighted by Gasteiger charge is -2.17. The first-order chi connectivity index (χ1) is 12.2. The monoisotopic (exact) mass is 338 g/mol. The van der Waals surface area contributed by atoms with E-state index >= 15 is 0 Å². The van der Waals surface area contributed by atoms with Gasteiger partial charge in [0.25, 0.3) is 5.56 Å². The molecule has 0 aliphatic heterocycles. The van der Waals surface area contributed by atoms with Crippen molar-refractivity contribution in [3.63, 3.8) is 0 Å². The van der Waals surface area contributed by atoms with E-state index in [-0.39, 0.29) is 11.5 Å². The molecule has 130 valence electrons. The molecule has 0 atom stereocenters. The lowest BCUT2D eigenvalue weighted by Crippen LogP contribution is -2.38. The molecule has 0 amide bonds. The molecule has 25 heavy (non-hydrogen) atoms. The van der Waals surface area contributed by atoms with Gasteiger partial charge in [-0.3, -0.25) is 15.2 Å². The van der Waals surface area contributed by atoms with E-state index < -0.39 is 0 Å². The SMILES string of the molecule is N#CN(C(=N)NCCCCCCc1ccc[nH]c1=O)c1ccncc1. The number of hydrogen-bond acceptors (Lipinski definition) is 4. The summed E-state index contributed by atoms with van der Waals surface area (Å²) in [7, 11) is 0. The van der Waals surface area contributed by atoms with Crippen LogP contribution in [0.15, 0.2) is 47.7 Å². The van der Waals surface area contributed by atoms with Crippen LogP contribution in [-0.4, -0.2) is 22.5 Å². The third-order valence-electron chi connectivity index (χ3n) is 3.81. The van der Waals surface area contributed by atoms with Gasteiger partial charge in [-0.1, -0.05) is 18.9 Å². The van der Waals surface area contributed by atoms with Gasteiger partial charge >= 0.3 is 0 Å². The van der Waals surface area contributed by atoms with Crippen molar-refractivity contribution in [3.05, 3.63) is 58.8 Å². The van der Waals surface area contributed by atoms with Crippen LogP contribution in [0.25, 0.3) is 0 Å². The standard InChI is InChI=1S/C18H22N6O/c19-14-24(16-8-12-21-13-9-16)18(20)23-10-4-2-1-3-6-15-7-5-11-22-17(15)25/h5,7-9,11-13H,1-4,6,10H2,(H2,20,23)(H,22,25). The number of unbranched alkanes of at least 4 members (excludes halogenated alkanes) is 3. The van der Waals surface area contributed by atoms with Crippen molar-refractivity contribution in [2.24, 2.45) is 0 Å². The van der Waals surface area contributed by atoms with Crippen LogP contribution in [-0.2, 0) is 6.42 Å². The number of anilines is 1. The molecule has 2 rings (SSSR count). The van der Waals surface area contributed by atoms with E-state index in [1.54, 1.807) is 30.7 Å². The van der Waals surface area contributed by atoms with Gasteiger partial charge in [0.1, 0.15) is 0 Å². The van der Waals surface area contributed by atoms with E-state index in [1.807, 2.05) is 18.3 Å². The van der Waals surface area contributed by atoms with E-state index in [4.69, 9.17) is 5.41 Å². The number of nitriles is 1. The molecule has 2 aromatic heterocycles. The topological polar surface area (TPSA) is 109 Å². The normalized spacial score (nSPS) is 10.0. The van der Waals surface area contributed by atoms with Crippen molar-refractivity contribution in [3.8, 4) is 6.19 Å². The Morgan fingerprint density at radius 1 is 1.24 bits per heavy atom. The average molecular weight is 338 g/mol. The fraction of sp³-hybridized carbons (Fsp3) is 0.333. The zero-order valence-electron chi connectivity index (χ0n) is 14.0. The molecule has 0 spiro atoms. The number of aromatic amines is 1. The van der Waals surface area contributed by atoms with E-state index in [1.165, 1.54) is 4.90 Å². The molecule has 0 saturated carbocycles. The van der Waals surface area contributed by atoms with E-state index in [2.05, 4.69) is 15.3 Å². The highest BCUT2D eigenvalue weighted by molar-refractivity contribution is 5.96. The average Bonchev–Trinajstić information content (AvgIpc) is 2.64. The Kier molecular flexibility index (Phi) is 7.19. The number of aryl methyl sites for hydroxylation is 1. The first kappa shape index (κ1) is 18.2. The second-order valence-corrected chi connectivity index (χ2v) is 5.60. The number of guanidine groups is 1. The number of H-pyrrole nitrogens is 1. The summed E-state index contributed by atoms with van der Waals surface area (Å²) in [5, 5.41) is 20.1. The second-order valence-electron chi connectivity index (χ2n) is 5.60. The summed E-state index contributed by atoms with van der Waals surface area (Å²) in [6.07, 6.45) is 11.5. The molecule has 0 saturated heterocycles. The Labute approximate surface area is 146 Å². The molecule has 0 radical (unpaired) electrons. The third kappa shape index (κ3) is 5.77. The molecular formula is C18H22N6O. The van der Waals surface area contributed by atoms with Gasteiger partial charge in [-0.2, -0.15) is 5.26 Å². The molecule has 7 heteroatoms. The number of nitrogens with zero attached hydrogens (tertiary/aromatic N) is 3. The minimum atomic E-state index is -0.00896. The minimum absolute atomic E-state index is 0.00896. The predicted octanol–water partition coefficient (Wildman–Crippen LogP) is 2.38. The van der Waals surface area contributed by atoms with Crippen LogP contribution in [0.2, 0.25) is 0 Å². The molecule has 0 bridgehead atoms. The number of rotatable bonds is 8. The lowest BCUT2D eigenvalue weighted by molar-refractivity contribution is 0.628. The quantitative estimate of drug-likeness (QED) is 0.225. The molecule has 2 heterocycles. The highest BCUT2D eigenvalue weighted by Gasteiger charge is 2.10. The number of aromatic nitrogens is 2. The molecule has 0 aromatic carbocycles. The molecule has 0 fully saturated rings. The Bertz CT molecular complexity index is 765. The van der Waals surface area contributed by atoms with Crippen LogP contribution < -0.4 is 15.8 Å². The van der Waals surface area contributed by atoms with Gasteiger partial charge in [-0.05, 0) is 37.5 Å². The van der Waals surface area contributed by atoms with Crippen molar-refractivity contribution < 1.29 is 0 Å². The van der Waals surface area contributed by atoms with Gasteiger partial charge in [0.2, 0.25) is 5.96 Å². The van der Waals surface area contributed by atoms with Crippen molar-refractivity contribution in [1.29, 1.82) is 10.7 Å². The fourth-order valence-corrected chi connectivity index (χ4v) is 2.46. The van der Waals surface area contributed by atoms with Crippen molar-refractivity contribution in [2.75, 3.05) is 11.4 Å². The zero-order valence-corrected chi connectivity index (χ0v) is 14.0. The van der Waals surface area contributed by atoms with Crippen LogP contribution in [0.1, 0.15) is 31.2 Å². The predicted molar refractivity (Wildman–Crippen MR) is 97.3 cm³/mol. The maximum atomic E-state index is 11.5. The maximum Gasteiger partial charge on any atom is 0.251 e. The maximum absolute atomic E-state index is 11.5. The molecule has 7 nitrogen and oxygen atoms in total. The van der Waals surface area contributed by atoms with E-state index in [0.29, 0.717) is 12.2 Å². The lowest BCUT2D eigenvalue weighted by atomic mass is 10.1. The molecule has 2 aromatic rings. The second kappa shape index (κ2) is 9.88. The Hall–Kier alpha value is -3.14. The first-order valence-corrected chi connectivity index (χ1v) is 8.31. The smallest absolute Gasteiger partial charge is 0.251 e. The number of nitrogens with one attached hydrogen (secondary N) is 3. The summed E-state index contributed by atoms with van der Waals surface area (Å²) in [5.41, 5.74) is 1.43. The first-order valence-electron chi connectivity index (χ1n) is 8.31. The van der Waals surface area contributed by atoms with E-state index in [9.17, 15) is 10.1 Å². The third-order valence-corrected chi connectivity index (χ3v) is 3.81. The van der Waals surface area contributed by atoms with Crippen LogP contribution in [0, 0.1) is 16.9 Å². The summed E-state index contributed by atoms with van der Waals surface area (Å²) in [4.78, 5) is 19.4. The van der Waals surface area contributed by atoms with Gasteiger partial charge < -0.3 is 10.3 Å². The Morgan fingerprint density at radius 2 is 2.00 bits per heavy atom. The summed E-state index contributed by atoms with van der Waals surface area (Å²) in [6.45, 7) is 0.633. The molecular weight excluding hydrogens is 316 g/mol. The molecule has 0 aliphatic rings. The van der Waals surface area contributed by atoms with Crippen LogP contribution in [0.4, 0.5) is 5.69 Å². The summed E-state index contributed by atoms with van der Waals surface area (Å²) in [6, 6.07) is 7.07. The molecule has 0 unspecified atom stereocenters. The van der Waals surface area contributed by atoms with Crippen molar-refractivity contribution >= 4 is 11.6 Å². The summed E-state index contributed by atoms with van der Waals surface area (Å²) in [5.74, 6) is 0.0597. The zero-order chi connectivity index (χ0) is 17.9. The summed E-state index contributed by atoms with van der Waals surface area (Å²) < 4.78 is 0. The van der Waals surface area contributed by atoms with Gasteiger partial charge in [0.05, 0.1) is 5.69 Å². The largest absolute Gasteiger partial charge is 0.355 e. The number of pyridine rings is 2. The van der Waals surface area contributed by atoms with Gasteiger partial charge in [0.15, 0.2) is 6.19 Å². The van der Waals surface area contributed by atoms with Gasteiger partial charge in [0, 0.05) is 30.7 Å². The summed E-state index contributed by atoms with van der Waals surface area (Å²) >= 11 is 0. The highest BCUT2D eigenvalue weighted by Crippen LogP contribution is 2.10. The molecule has 3 N–H and O–H groups in total.